The van der Waals surface area contributed by atoms with Gasteiger partial charge >= 0.3 is 8.32 Å². The smallest absolute Gasteiger partial charge is 0.380 e. The van der Waals surface area contributed by atoms with Gasteiger partial charge in [0.05, 0.1) is 5.71 Å². The summed E-state index contributed by atoms with van der Waals surface area (Å²) in [5, 5.41) is 8.01. The summed E-state index contributed by atoms with van der Waals surface area (Å²) in [5.74, 6) is 0.250. The van der Waals surface area contributed by atoms with E-state index in [9.17, 15) is 4.79 Å². The molecule has 4 rings (SSSR count). The number of Topliss-reactive ketones (excluding diaryl/α,β-unsaturated/α-hetero) is 1. The van der Waals surface area contributed by atoms with Crippen LogP contribution in [0.2, 0.25) is 0 Å². The van der Waals surface area contributed by atoms with Crippen LogP contribution in [0.25, 0.3) is 0 Å². The third-order valence-electron chi connectivity index (χ3n) is 5.17. The summed E-state index contributed by atoms with van der Waals surface area (Å²) in [6.07, 6.45) is 2.74. The van der Waals surface area contributed by atoms with Crippen LogP contribution < -0.4 is 15.6 Å². The fraction of sp³-hybridized carbons (Fsp3) is 0.167. The molecule has 1 fully saturated rings. The van der Waals surface area contributed by atoms with Crippen molar-refractivity contribution >= 4 is 35.4 Å². The van der Waals surface area contributed by atoms with Crippen molar-refractivity contribution < 1.29 is 9.32 Å². The number of carbonyl (C=O) groups excluding carboxylic acids is 1. The van der Waals surface area contributed by atoms with Gasteiger partial charge in [-0.1, -0.05) is 91.0 Å². The minimum atomic E-state index is -2.83. The zero-order valence-corrected chi connectivity index (χ0v) is 16.8. The van der Waals surface area contributed by atoms with Crippen LogP contribution in [0.1, 0.15) is 25.7 Å². The highest BCUT2D eigenvalue weighted by Gasteiger charge is 2.45. The molecule has 0 bridgehead atoms. The van der Waals surface area contributed by atoms with E-state index >= 15 is 0 Å². The molecule has 3 aromatic rings. The summed E-state index contributed by atoms with van der Waals surface area (Å²) in [4.78, 5) is 11.9. The van der Waals surface area contributed by atoms with Gasteiger partial charge in [-0.3, -0.25) is 4.79 Å². The zero-order chi connectivity index (χ0) is 19.2. The Morgan fingerprint density at radius 2 is 1.14 bits per heavy atom. The van der Waals surface area contributed by atoms with Crippen molar-refractivity contribution in [2.75, 3.05) is 0 Å². The predicted octanol–water partition coefficient (Wildman–Crippen LogP) is 3.17. The molecule has 0 amide bonds. The average Bonchev–Trinajstić information content (AvgIpc) is 2.77. The van der Waals surface area contributed by atoms with E-state index in [0.717, 1.165) is 34.1 Å². The van der Waals surface area contributed by atoms with E-state index in [0.29, 0.717) is 12.8 Å². The molecule has 3 nitrogen and oxygen atoms in total. The van der Waals surface area contributed by atoms with E-state index < -0.39 is 8.32 Å². The first kappa shape index (κ1) is 18.4. The molecular formula is C24H23NO2Si. The molecule has 0 radical (unpaired) electrons. The van der Waals surface area contributed by atoms with Crippen molar-refractivity contribution in [2.45, 2.75) is 25.7 Å². The summed E-state index contributed by atoms with van der Waals surface area (Å²) >= 11 is 0. The molecule has 4 heteroatoms. The number of ketones is 1. The normalized spacial score (nSPS) is 16.1. The van der Waals surface area contributed by atoms with Gasteiger partial charge in [0, 0.05) is 12.8 Å². The van der Waals surface area contributed by atoms with E-state index in [-0.39, 0.29) is 5.78 Å². The quantitative estimate of drug-likeness (QED) is 0.384. The van der Waals surface area contributed by atoms with Crippen LogP contribution in [0, 0.1) is 0 Å². The van der Waals surface area contributed by atoms with Gasteiger partial charge in [-0.05, 0) is 28.4 Å². The highest BCUT2D eigenvalue weighted by atomic mass is 28.4. The van der Waals surface area contributed by atoms with Crippen molar-refractivity contribution in [3.05, 3.63) is 91.0 Å². The van der Waals surface area contributed by atoms with E-state index in [2.05, 4.69) is 41.6 Å². The number of oxime groups is 1. The molecule has 1 aliphatic rings. The SMILES string of the molecule is O=C1CCC/C(=N/O[Si](c2ccccc2)(c2ccccc2)c2ccccc2)C1. The maximum absolute atomic E-state index is 11.9. The van der Waals surface area contributed by atoms with Crippen molar-refractivity contribution in [3.63, 3.8) is 0 Å². The Kier molecular flexibility index (Phi) is 5.49. The van der Waals surface area contributed by atoms with Crippen molar-refractivity contribution in [2.24, 2.45) is 5.16 Å². The molecule has 0 aromatic heterocycles. The highest BCUT2D eigenvalue weighted by Crippen LogP contribution is 2.15. The molecule has 0 aliphatic heterocycles. The fourth-order valence-corrected chi connectivity index (χ4v) is 7.35. The lowest BCUT2D eigenvalue weighted by atomic mass is 9.98. The molecule has 1 saturated carbocycles. The van der Waals surface area contributed by atoms with E-state index in [1.165, 1.54) is 0 Å². The molecule has 0 atom stereocenters. The van der Waals surface area contributed by atoms with Gasteiger partial charge < -0.3 is 4.53 Å². The van der Waals surface area contributed by atoms with Crippen LogP contribution in [0.3, 0.4) is 0 Å². The molecule has 0 saturated heterocycles. The van der Waals surface area contributed by atoms with Crippen LogP contribution >= 0.6 is 0 Å². The lowest BCUT2D eigenvalue weighted by molar-refractivity contribution is -0.118. The Morgan fingerprint density at radius 3 is 1.57 bits per heavy atom. The van der Waals surface area contributed by atoms with Crippen molar-refractivity contribution in [1.82, 2.24) is 0 Å². The standard InChI is InChI=1S/C24H23NO2Si/c26-21-12-10-11-20(19-21)25-27-28(22-13-4-1-5-14-22,23-15-6-2-7-16-23)24-17-8-3-9-18-24/h1-9,13-18H,10-12,19H2/b25-20-. The van der Waals surface area contributed by atoms with Gasteiger partial charge in [-0.15, -0.1) is 5.16 Å². The zero-order valence-electron chi connectivity index (χ0n) is 15.8. The number of nitrogens with zero attached hydrogens (tertiary/aromatic N) is 1. The molecule has 140 valence electrons. The predicted molar refractivity (Wildman–Crippen MR) is 116 cm³/mol. The molecule has 0 heterocycles. The monoisotopic (exact) mass is 385 g/mol. The Balaban J connectivity index is 1.88. The third-order valence-corrected chi connectivity index (χ3v) is 8.98. The van der Waals surface area contributed by atoms with Crippen LogP contribution in [0.5, 0.6) is 0 Å². The number of hydrogen-bond donors (Lipinski definition) is 0. The van der Waals surface area contributed by atoms with Gasteiger partial charge in [0.25, 0.3) is 0 Å². The lowest BCUT2D eigenvalue weighted by Gasteiger charge is -2.30. The van der Waals surface area contributed by atoms with Crippen molar-refractivity contribution in [1.29, 1.82) is 0 Å². The maximum Gasteiger partial charge on any atom is 0.380 e. The van der Waals surface area contributed by atoms with E-state index in [4.69, 9.17) is 4.53 Å². The minimum absolute atomic E-state index is 0.250. The van der Waals surface area contributed by atoms with Gasteiger partial charge in [0.15, 0.2) is 0 Å². The average molecular weight is 386 g/mol. The van der Waals surface area contributed by atoms with E-state index in [1.807, 2.05) is 54.6 Å². The first-order valence-corrected chi connectivity index (χ1v) is 11.6. The number of carbonyl (C=O) groups is 1. The highest BCUT2D eigenvalue weighted by molar-refractivity contribution is 7.07. The largest absolute Gasteiger partial charge is 0.438 e. The second kappa shape index (κ2) is 8.36. The molecular weight excluding hydrogens is 362 g/mol. The van der Waals surface area contributed by atoms with Gasteiger partial charge in [0.1, 0.15) is 5.78 Å². The van der Waals surface area contributed by atoms with E-state index in [1.54, 1.807) is 0 Å². The summed E-state index contributed by atoms with van der Waals surface area (Å²) in [6, 6.07) is 31.1. The Labute approximate surface area is 166 Å². The summed E-state index contributed by atoms with van der Waals surface area (Å²) in [6.45, 7) is 0. The molecule has 28 heavy (non-hydrogen) atoms. The lowest BCUT2D eigenvalue weighted by Crippen LogP contribution is -2.68. The van der Waals surface area contributed by atoms with Crippen molar-refractivity contribution in [3.8, 4) is 0 Å². The first-order valence-electron chi connectivity index (χ1n) is 9.71. The second-order valence-electron chi connectivity index (χ2n) is 7.10. The van der Waals surface area contributed by atoms with Crippen LogP contribution in [-0.4, -0.2) is 19.8 Å². The Morgan fingerprint density at radius 1 is 0.679 bits per heavy atom. The Hall–Kier alpha value is -2.98. The summed E-state index contributed by atoms with van der Waals surface area (Å²) in [7, 11) is -2.83. The summed E-state index contributed by atoms with van der Waals surface area (Å²) < 4.78 is 6.55. The minimum Gasteiger partial charge on any atom is -0.438 e. The maximum atomic E-state index is 11.9. The number of benzene rings is 3. The molecule has 0 spiro atoms. The first-order chi connectivity index (χ1) is 13.8. The van der Waals surface area contributed by atoms with Crippen LogP contribution in [-0.2, 0) is 9.32 Å². The molecule has 0 unspecified atom stereocenters. The van der Waals surface area contributed by atoms with Gasteiger partial charge in [-0.2, -0.15) is 0 Å². The fourth-order valence-electron chi connectivity index (χ4n) is 3.78. The number of rotatable bonds is 5. The molecule has 3 aromatic carbocycles. The van der Waals surface area contributed by atoms with Gasteiger partial charge in [0.2, 0.25) is 0 Å². The topological polar surface area (TPSA) is 38.7 Å². The molecule has 1 aliphatic carbocycles. The van der Waals surface area contributed by atoms with Crippen LogP contribution in [0.15, 0.2) is 96.2 Å². The second-order valence-corrected chi connectivity index (χ2v) is 10.4. The van der Waals surface area contributed by atoms with Crippen LogP contribution in [0.4, 0.5) is 0 Å². The summed E-state index contributed by atoms with van der Waals surface area (Å²) in [5.41, 5.74) is 0.857. The van der Waals surface area contributed by atoms with Gasteiger partial charge in [-0.25, -0.2) is 0 Å². The third kappa shape index (κ3) is 3.69. The Bertz CT molecular complexity index is 859. The molecule has 0 N–H and O–H groups in total. The number of hydrogen-bond acceptors (Lipinski definition) is 3.